The lowest BCUT2D eigenvalue weighted by atomic mass is 10.1. The summed E-state index contributed by atoms with van der Waals surface area (Å²) >= 11 is 0. The molecule has 0 saturated carbocycles. The van der Waals surface area contributed by atoms with Crippen molar-refractivity contribution in [3.8, 4) is 0 Å². The number of aryl methyl sites for hydroxylation is 2. The molecule has 36 heavy (non-hydrogen) atoms. The van der Waals surface area contributed by atoms with E-state index in [2.05, 4.69) is 4.72 Å². The number of hydrogen-bond donors (Lipinski definition) is 1. The average molecular weight is 527 g/mol. The highest BCUT2D eigenvalue weighted by atomic mass is 32.2. The number of sulfonamides is 1. The van der Waals surface area contributed by atoms with E-state index in [0.717, 1.165) is 15.1 Å². The number of carbonyl (C=O) groups is 1. The van der Waals surface area contributed by atoms with Crippen molar-refractivity contribution in [3.63, 3.8) is 0 Å². The monoisotopic (exact) mass is 526 g/mol. The minimum Gasteiger partial charge on any atom is -0.468 e. The fourth-order valence-corrected chi connectivity index (χ4v) is 6.49. The largest absolute Gasteiger partial charge is 0.468 e. The van der Waals surface area contributed by atoms with Crippen LogP contribution in [0.3, 0.4) is 0 Å². The molecule has 1 N–H and O–H groups in total. The molecule has 0 aliphatic rings. The van der Waals surface area contributed by atoms with Crippen molar-refractivity contribution in [1.29, 1.82) is 0 Å². The standard InChI is InChI=1S/C26H26N2O6S2/c1-18-8-12-21(13-9-18)35(30,31)27-24(26(29)34-3)16-20-17-28(25-7-5-4-6-23(20)25)36(32,33)22-14-10-19(2)11-15-22/h4-15,17,24,27H,16H2,1-3H3/t24-/m0/s1. The molecular formula is C26H26N2O6S2. The van der Waals surface area contributed by atoms with Crippen molar-refractivity contribution in [2.45, 2.75) is 36.1 Å². The Labute approximate surface area is 210 Å². The van der Waals surface area contributed by atoms with E-state index < -0.39 is 32.1 Å². The average Bonchev–Trinajstić information content (AvgIpc) is 3.23. The fourth-order valence-electron chi connectivity index (χ4n) is 3.91. The Kier molecular flexibility index (Phi) is 7.03. The van der Waals surface area contributed by atoms with Crippen molar-refractivity contribution in [3.05, 3.63) is 95.7 Å². The van der Waals surface area contributed by atoms with Crippen LogP contribution in [-0.2, 0) is 36.0 Å². The highest BCUT2D eigenvalue weighted by Gasteiger charge is 2.29. The maximum atomic E-state index is 13.4. The van der Waals surface area contributed by atoms with Crippen molar-refractivity contribution in [2.24, 2.45) is 0 Å². The van der Waals surface area contributed by atoms with Crippen LogP contribution in [0.4, 0.5) is 0 Å². The minimum absolute atomic E-state index is 0.00591. The van der Waals surface area contributed by atoms with E-state index in [9.17, 15) is 21.6 Å². The molecule has 0 unspecified atom stereocenters. The smallest absolute Gasteiger partial charge is 0.324 e. The molecular weight excluding hydrogens is 500 g/mol. The Hall–Kier alpha value is -3.47. The molecule has 0 aliphatic carbocycles. The molecule has 0 bridgehead atoms. The number of aromatic nitrogens is 1. The van der Waals surface area contributed by atoms with Crippen molar-refractivity contribution >= 4 is 36.9 Å². The molecule has 3 aromatic carbocycles. The first-order valence-corrected chi connectivity index (χ1v) is 14.0. The molecule has 0 aliphatic heterocycles. The molecule has 8 nitrogen and oxygen atoms in total. The Balaban J connectivity index is 1.75. The molecule has 0 fully saturated rings. The van der Waals surface area contributed by atoms with Crippen molar-refractivity contribution < 1.29 is 26.4 Å². The number of nitrogens with zero attached hydrogens (tertiary/aromatic N) is 1. The SMILES string of the molecule is COC(=O)[C@H](Cc1cn(S(=O)(=O)c2ccc(C)cc2)c2ccccc12)NS(=O)(=O)c1ccc(C)cc1. The van der Waals surface area contributed by atoms with Crippen LogP contribution in [0.2, 0.25) is 0 Å². The number of esters is 1. The zero-order valence-corrected chi connectivity index (χ0v) is 21.6. The van der Waals surface area contributed by atoms with Crippen LogP contribution in [0.1, 0.15) is 16.7 Å². The summed E-state index contributed by atoms with van der Waals surface area (Å²) in [4.78, 5) is 12.7. The van der Waals surface area contributed by atoms with E-state index in [0.29, 0.717) is 16.5 Å². The van der Waals surface area contributed by atoms with Gasteiger partial charge in [-0.05, 0) is 49.7 Å². The van der Waals surface area contributed by atoms with E-state index in [1.165, 1.54) is 37.6 Å². The van der Waals surface area contributed by atoms with E-state index in [4.69, 9.17) is 4.74 Å². The first-order chi connectivity index (χ1) is 17.0. The number of nitrogens with one attached hydrogen (secondary N) is 1. The number of hydrogen-bond acceptors (Lipinski definition) is 6. The molecule has 188 valence electrons. The quantitative estimate of drug-likeness (QED) is 0.352. The van der Waals surface area contributed by atoms with Gasteiger partial charge in [0.1, 0.15) is 6.04 Å². The topological polar surface area (TPSA) is 112 Å². The van der Waals surface area contributed by atoms with E-state index in [-0.39, 0.29) is 16.2 Å². The van der Waals surface area contributed by atoms with Gasteiger partial charge >= 0.3 is 5.97 Å². The number of methoxy groups -OCH3 is 1. The molecule has 10 heteroatoms. The Morgan fingerprint density at radius 1 is 0.861 bits per heavy atom. The van der Waals surface area contributed by atoms with Gasteiger partial charge in [0.05, 0.1) is 22.4 Å². The molecule has 0 spiro atoms. The van der Waals surface area contributed by atoms with Crippen molar-refractivity contribution in [2.75, 3.05) is 7.11 Å². The lowest BCUT2D eigenvalue weighted by molar-refractivity contribution is -0.142. The maximum Gasteiger partial charge on any atom is 0.324 e. The second-order valence-corrected chi connectivity index (χ2v) is 12.0. The van der Waals surface area contributed by atoms with Crippen LogP contribution in [0, 0.1) is 13.8 Å². The van der Waals surface area contributed by atoms with Gasteiger partial charge in [0.15, 0.2) is 0 Å². The molecule has 4 rings (SSSR count). The first kappa shape index (κ1) is 25.6. The highest BCUT2D eigenvalue weighted by Crippen LogP contribution is 2.27. The first-order valence-electron chi connectivity index (χ1n) is 11.1. The van der Waals surface area contributed by atoms with Crippen LogP contribution < -0.4 is 4.72 Å². The van der Waals surface area contributed by atoms with Gasteiger partial charge < -0.3 is 4.74 Å². The lowest BCUT2D eigenvalue weighted by Gasteiger charge is -2.16. The molecule has 1 heterocycles. The summed E-state index contributed by atoms with van der Waals surface area (Å²) < 4.78 is 61.3. The van der Waals surface area contributed by atoms with Crippen LogP contribution in [0.5, 0.6) is 0 Å². The van der Waals surface area contributed by atoms with Gasteiger partial charge in [-0.1, -0.05) is 53.6 Å². The van der Waals surface area contributed by atoms with Crippen LogP contribution in [0.15, 0.2) is 88.8 Å². The number of ether oxygens (including phenoxy) is 1. The highest BCUT2D eigenvalue weighted by molar-refractivity contribution is 7.90. The van der Waals surface area contributed by atoms with Crippen LogP contribution >= 0.6 is 0 Å². The summed E-state index contributed by atoms with van der Waals surface area (Å²) in [5.74, 6) is -0.788. The molecule has 0 amide bonds. The minimum atomic E-state index is -4.05. The van der Waals surface area contributed by atoms with Gasteiger partial charge in [0.2, 0.25) is 10.0 Å². The zero-order chi connectivity index (χ0) is 26.1. The lowest BCUT2D eigenvalue weighted by Crippen LogP contribution is -2.42. The number of para-hydroxylation sites is 1. The van der Waals surface area contributed by atoms with Gasteiger partial charge in [0.25, 0.3) is 10.0 Å². The number of carbonyl (C=O) groups excluding carboxylic acids is 1. The Morgan fingerprint density at radius 3 is 2.00 bits per heavy atom. The summed E-state index contributed by atoms with van der Waals surface area (Å²) in [5.41, 5.74) is 2.70. The summed E-state index contributed by atoms with van der Waals surface area (Å²) in [5, 5.41) is 0.580. The Bertz CT molecular complexity index is 1620. The number of rotatable bonds is 8. The second kappa shape index (κ2) is 9.88. The third kappa shape index (κ3) is 5.06. The predicted molar refractivity (Wildman–Crippen MR) is 137 cm³/mol. The molecule has 4 aromatic rings. The van der Waals surface area contributed by atoms with Crippen LogP contribution in [-0.4, -0.2) is 39.9 Å². The third-order valence-corrected chi connectivity index (χ3v) is 9.05. The summed E-state index contributed by atoms with van der Waals surface area (Å²) in [6, 6.07) is 18.3. The molecule has 0 radical (unpaired) electrons. The summed E-state index contributed by atoms with van der Waals surface area (Å²) in [7, 11) is -6.83. The van der Waals surface area contributed by atoms with Gasteiger partial charge in [-0.25, -0.2) is 20.8 Å². The maximum absolute atomic E-state index is 13.4. The van der Waals surface area contributed by atoms with E-state index in [1.54, 1.807) is 48.5 Å². The molecule has 1 atom stereocenters. The van der Waals surface area contributed by atoms with Gasteiger partial charge in [0, 0.05) is 18.0 Å². The van der Waals surface area contributed by atoms with E-state index >= 15 is 0 Å². The zero-order valence-electron chi connectivity index (χ0n) is 20.0. The Morgan fingerprint density at radius 2 is 1.42 bits per heavy atom. The van der Waals surface area contributed by atoms with Gasteiger partial charge in [-0.2, -0.15) is 4.72 Å². The molecule has 0 saturated heterocycles. The summed E-state index contributed by atoms with van der Waals surface area (Å²) in [6.07, 6.45) is 1.31. The second-order valence-electron chi connectivity index (χ2n) is 8.50. The van der Waals surface area contributed by atoms with Crippen molar-refractivity contribution in [1.82, 2.24) is 8.69 Å². The number of fused-ring (bicyclic) bond motifs is 1. The third-order valence-electron chi connectivity index (χ3n) is 5.88. The van der Waals surface area contributed by atoms with Gasteiger partial charge in [-0.15, -0.1) is 0 Å². The normalized spacial score (nSPS) is 13.0. The fraction of sp³-hybridized carbons (Fsp3) is 0.192. The molecule has 1 aromatic heterocycles. The van der Waals surface area contributed by atoms with Gasteiger partial charge in [-0.3, -0.25) is 4.79 Å². The van der Waals surface area contributed by atoms with Crippen LogP contribution in [0.25, 0.3) is 10.9 Å². The van der Waals surface area contributed by atoms with E-state index in [1.807, 2.05) is 13.8 Å². The summed E-state index contributed by atoms with van der Waals surface area (Å²) in [6.45, 7) is 3.70. The number of benzene rings is 3. The predicted octanol–water partition coefficient (Wildman–Crippen LogP) is 3.56.